The van der Waals surface area contributed by atoms with Crippen LogP contribution in [0.25, 0.3) is 0 Å². The summed E-state index contributed by atoms with van der Waals surface area (Å²) in [6.07, 6.45) is 0.644. The van der Waals surface area contributed by atoms with E-state index in [2.05, 4.69) is 17.0 Å². The third-order valence-corrected chi connectivity index (χ3v) is 4.96. The highest BCUT2D eigenvalue weighted by atomic mass is 32.2. The second-order valence-electron chi connectivity index (χ2n) is 4.64. The summed E-state index contributed by atoms with van der Waals surface area (Å²) in [6.45, 7) is 4.70. The third kappa shape index (κ3) is 4.63. The van der Waals surface area contributed by atoms with Gasteiger partial charge in [0.05, 0.1) is 6.61 Å². The molecule has 1 amide bonds. The molecule has 1 aliphatic rings. The number of carbonyl (C=O) groups excluding carboxylic acids is 1. The van der Waals surface area contributed by atoms with Crippen LogP contribution in [0.1, 0.15) is 26.7 Å². The van der Waals surface area contributed by atoms with E-state index in [-0.39, 0.29) is 6.61 Å². The van der Waals surface area contributed by atoms with E-state index in [0.29, 0.717) is 25.0 Å². The first kappa shape index (κ1) is 16.2. The maximum atomic E-state index is 11.9. The van der Waals surface area contributed by atoms with Crippen LogP contribution >= 0.6 is 0 Å². The molecule has 0 radical (unpaired) electrons. The van der Waals surface area contributed by atoms with Crippen molar-refractivity contribution in [1.29, 1.82) is 0 Å². The highest BCUT2D eigenvalue weighted by molar-refractivity contribution is 7.87. The molecule has 0 saturated carbocycles. The van der Waals surface area contributed by atoms with Gasteiger partial charge in [0.1, 0.15) is 0 Å². The Hall–Kier alpha value is -0.860. The normalized spacial score (nSPS) is 19.9. The van der Waals surface area contributed by atoms with Crippen LogP contribution in [0.2, 0.25) is 0 Å². The van der Waals surface area contributed by atoms with Crippen LogP contribution in [0, 0.1) is 5.92 Å². The Bertz CT molecular complexity index is 391. The summed E-state index contributed by atoms with van der Waals surface area (Å²) in [5.41, 5.74) is 0. The lowest BCUT2D eigenvalue weighted by molar-refractivity contribution is 0.157. The fraction of sp³-hybridized carbons (Fsp3) is 0.909. The van der Waals surface area contributed by atoms with Gasteiger partial charge in [0, 0.05) is 19.1 Å². The van der Waals surface area contributed by atoms with E-state index in [0.717, 1.165) is 12.8 Å². The predicted octanol–water partition coefficient (Wildman–Crippen LogP) is 0.297. The van der Waals surface area contributed by atoms with Crippen LogP contribution in [0.5, 0.6) is 0 Å². The Morgan fingerprint density at radius 1 is 1.42 bits per heavy atom. The zero-order valence-electron chi connectivity index (χ0n) is 11.7. The van der Waals surface area contributed by atoms with Gasteiger partial charge in [-0.2, -0.15) is 12.7 Å². The highest BCUT2D eigenvalue weighted by Gasteiger charge is 2.31. The number of nitrogens with zero attached hydrogens (tertiary/aromatic N) is 1. The highest BCUT2D eigenvalue weighted by Crippen LogP contribution is 2.21. The summed E-state index contributed by atoms with van der Waals surface area (Å²) >= 11 is 0. The maximum absolute atomic E-state index is 11.9. The number of carbonyl (C=O) groups is 1. The molecule has 1 saturated heterocycles. The standard InChI is InChI=1S/C11H23N3O4S/c1-4-18-11(15)13-19(16,17)14-7-5-10(6-8-14)9(2)12-3/h9-10,12H,4-8H2,1-3H3,(H,13,15). The van der Waals surface area contributed by atoms with E-state index >= 15 is 0 Å². The van der Waals surface area contributed by atoms with Gasteiger partial charge in [-0.3, -0.25) is 0 Å². The van der Waals surface area contributed by atoms with Gasteiger partial charge in [-0.1, -0.05) is 0 Å². The van der Waals surface area contributed by atoms with Crippen LogP contribution < -0.4 is 10.0 Å². The van der Waals surface area contributed by atoms with Crippen LogP contribution in [0.4, 0.5) is 4.79 Å². The Morgan fingerprint density at radius 2 is 2.00 bits per heavy atom. The molecule has 0 aromatic carbocycles. The van der Waals surface area contributed by atoms with Gasteiger partial charge in [-0.25, -0.2) is 9.52 Å². The molecule has 19 heavy (non-hydrogen) atoms. The smallest absolute Gasteiger partial charge is 0.421 e. The van der Waals surface area contributed by atoms with Gasteiger partial charge < -0.3 is 10.1 Å². The fourth-order valence-corrected chi connectivity index (χ4v) is 3.27. The van der Waals surface area contributed by atoms with Gasteiger partial charge in [0.2, 0.25) is 0 Å². The van der Waals surface area contributed by atoms with Gasteiger partial charge in [0.15, 0.2) is 0 Å². The van der Waals surface area contributed by atoms with Gasteiger partial charge in [0.25, 0.3) is 0 Å². The molecule has 1 aliphatic heterocycles. The van der Waals surface area contributed by atoms with E-state index in [1.807, 2.05) is 11.8 Å². The van der Waals surface area contributed by atoms with Crippen molar-refractivity contribution in [2.75, 3.05) is 26.7 Å². The van der Waals surface area contributed by atoms with Gasteiger partial charge in [-0.05, 0) is 39.7 Å². The zero-order chi connectivity index (χ0) is 14.5. The number of rotatable bonds is 5. The van der Waals surface area contributed by atoms with Gasteiger partial charge >= 0.3 is 16.3 Å². The summed E-state index contributed by atoms with van der Waals surface area (Å²) in [6, 6.07) is 0.364. The Kier molecular flexibility index (Phi) is 6.02. The second kappa shape index (κ2) is 7.06. The molecule has 7 nitrogen and oxygen atoms in total. The lowest BCUT2D eigenvalue weighted by Crippen LogP contribution is -2.48. The SMILES string of the molecule is CCOC(=O)NS(=O)(=O)N1CCC(C(C)NC)CC1. The van der Waals surface area contributed by atoms with Gasteiger partial charge in [-0.15, -0.1) is 0 Å². The minimum atomic E-state index is -3.77. The Labute approximate surface area is 114 Å². The first-order valence-electron chi connectivity index (χ1n) is 6.52. The predicted molar refractivity (Wildman–Crippen MR) is 71.9 cm³/mol. The number of ether oxygens (including phenoxy) is 1. The molecule has 0 aliphatic carbocycles. The molecule has 2 N–H and O–H groups in total. The first-order valence-corrected chi connectivity index (χ1v) is 7.96. The van der Waals surface area contributed by atoms with Crippen molar-refractivity contribution in [1.82, 2.24) is 14.3 Å². The molecule has 0 spiro atoms. The van der Waals surface area contributed by atoms with Crippen LogP contribution in [0.15, 0.2) is 0 Å². The Balaban J connectivity index is 2.52. The van der Waals surface area contributed by atoms with Crippen molar-refractivity contribution in [3.8, 4) is 0 Å². The number of hydrogen-bond acceptors (Lipinski definition) is 5. The number of piperidine rings is 1. The zero-order valence-corrected chi connectivity index (χ0v) is 12.5. The summed E-state index contributed by atoms with van der Waals surface area (Å²) in [5.74, 6) is 0.457. The third-order valence-electron chi connectivity index (χ3n) is 3.49. The summed E-state index contributed by atoms with van der Waals surface area (Å²) < 4.78 is 31.6. The van der Waals surface area contributed by atoms with Crippen LogP contribution in [0.3, 0.4) is 0 Å². The topological polar surface area (TPSA) is 87.7 Å². The molecule has 112 valence electrons. The summed E-state index contributed by atoms with van der Waals surface area (Å²) in [7, 11) is -1.87. The molecular weight excluding hydrogens is 270 g/mol. The minimum absolute atomic E-state index is 0.142. The average molecular weight is 293 g/mol. The molecule has 1 atom stereocenters. The maximum Gasteiger partial charge on any atom is 0.421 e. The van der Waals surface area contributed by atoms with Crippen molar-refractivity contribution >= 4 is 16.3 Å². The van der Waals surface area contributed by atoms with E-state index in [4.69, 9.17) is 0 Å². The minimum Gasteiger partial charge on any atom is -0.449 e. The van der Waals surface area contributed by atoms with E-state index < -0.39 is 16.3 Å². The molecule has 8 heteroatoms. The molecule has 0 aromatic rings. The summed E-state index contributed by atoms with van der Waals surface area (Å²) in [5, 5.41) is 3.18. The van der Waals surface area contributed by atoms with Crippen molar-refractivity contribution in [2.45, 2.75) is 32.7 Å². The van der Waals surface area contributed by atoms with E-state index in [1.54, 1.807) is 6.92 Å². The van der Waals surface area contributed by atoms with Crippen LogP contribution in [-0.4, -0.2) is 51.6 Å². The lowest BCUT2D eigenvalue weighted by atomic mass is 9.91. The molecular formula is C11H23N3O4S. The fourth-order valence-electron chi connectivity index (χ4n) is 2.18. The average Bonchev–Trinajstić information content (AvgIpc) is 2.37. The number of hydrogen-bond donors (Lipinski definition) is 2. The van der Waals surface area contributed by atoms with Crippen molar-refractivity contribution in [3.05, 3.63) is 0 Å². The van der Waals surface area contributed by atoms with Crippen molar-refractivity contribution in [3.63, 3.8) is 0 Å². The quantitative estimate of drug-likeness (QED) is 0.761. The Morgan fingerprint density at radius 3 is 2.47 bits per heavy atom. The number of amides is 1. The van der Waals surface area contributed by atoms with E-state index in [9.17, 15) is 13.2 Å². The summed E-state index contributed by atoms with van der Waals surface area (Å²) in [4.78, 5) is 11.2. The van der Waals surface area contributed by atoms with Crippen LogP contribution in [-0.2, 0) is 14.9 Å². The molecule has 0 aromatic heterocycles. The first-order chi connectivity index (χ1) is 8.90. The lowest BCUT2D eigenvalue weighted by Gasteiger charge is -2.33. The molecule has 1 unspecified atom stereocenters. The van der Waals surface area contributed by atoms with Crippen molar-refractivity contribution < 1.29 is 17.9 Å². The second-order valence-corrected chi connectivity index (χ2v) is 6.31. The number of nitrogens with one attached hydrogen (secondary N) is 2. The molecule has 1 heterocycles. The van der Waals surface area contributed by atoms with Crippen molar-refractivity contribution in [2.24, 2.45) is 5.92 Å². The molecule has 1 fully saturated rings. The van der Waals surface area contributed by atoms with E-state index in [1.165, 1.54) is 4.31 Å². The largest absolute Gasteiger partial charge is 0.449 e. The molecule has 1 rings (SSSR count). The monoisotopic (exact) mass is 293 g/mol. The molecule has 0 bridgehead atoms.